The first-order chi connectivity index (χ1) is 14.2. The van der Waals surface area contributed by atoms with Gasteiger partial charge in [-0.15, -0.1) is 0 Å². The summed E-state index contributed by atoms with van der Waals surface area (Å²) in [5.41, 5.74) is 2.00. The lowest BCUT2D eigenvalue weighted by molar-refractivity contribution is -0.126. The van der Waals surface area contributed by atoms with Gasteiger partial charge >= 0.3 is 0 Å². The number of fused-ring (bicyclic) bond motifs is 1. The Morgan fingerprint density at radius 1 is 1.28 bits per heavy atom. The fraction of sp³-hybridized carbons (Fsp3) is 0.350. The van der Waals surface area contributed by atoms with Crippen molar-refractivity contribution < 1.29 is 14.3 Å². The summed E-state index contributed by atoms with van der Waals surface area (Å²) in [6.07, 6.45) is 8.68. The molecule has 0 radical (unpaired) electrons. The molecule has 0 aliphatic carbocycles. The zero-order valence-corrected chi connectivity index (χ0v) is 16.2. The van der Waals surface area contributed by atoms with Crippen molar-refractivity contribution >= 4 is 11.4 Å². The number of carbonyl (C=O) groups excluding carboxylic acids is 1. The summed E-state index contributed by atoms with van der Waals surface area (Å²) >= 11 is 0. The summed E-state index contributed by atoms with van der Waals surface area (Å²) in [7, 11) is 1.55. The largest absolute Gasteiger partial charge is 0.481 e. The fourth-order valence-corrected chi connectivity index (χ4v) is 3.39. The monoisotopic (exact) mass is 394 g/mol. The Balaban J connectivity index is 1.61. The number of nitrogens with zero attached hydrogens (tertiary/aromatic N) is 6. The zero-order chi connectivity index (χ0) is 20.2. The van der Waals surface area contributed by atoms with Crippen molar-refractivity contribution in [2.75, 3.05) is 20.2 Å². The van der Waals surface area contributed by atoms with Crippen molar-refractivity contribution in [1.29, 1.82) is 0 Å². The van der Waals surface area contributed by atoms with Gasteiger partial charge < -0.3 is 14.4 Å². The average Bonchev–Trinajstić information content (AvgIpc) is 3.12. The highest BCUT2D eigenvalue weighted by Crippen LogP contribution is 2.26. The highest BCUT2D eigenvalue weighted by atomic mass is 16.5. The third kappa shape index (κ3) is 4.03. The fourth-order valence-electron chi connectivity index (χ4n) is 3.39. The van der Waals surface area contributed by atoms with Gasteiger partial charge in [-0.1, -0.05) is 6.58 Å². The van der Waals surface area contributed by atoms with E-state index in [-0.39, 0.29) is 12.0 Å². The van der Waals surface area contributed by atoms with E-state index >= 15 is 0 Å². The lowest BCUT2D eigenvalue weighted by Crippen LogP contribution is -2.30. The first-order valence-corrected chi connectivity index (χ1v) is 9.46. The minimum absolute atomic E-state index is 0.0401. The van der Waals surface area contributed by atoms with Crippen LogP contribution in [0, 0.1) is 0 Å². The Morgan fingerprint density at radius 2 is 2.17 bits per heavy atom. The van der Waals surface area contributed by atoms with E-state index in [0.717, 1.165) is 24.8 Å². The van der Waals surface area contributed by atoms with Gasteiger partial charge in [-0.25, -0.2) is 19.5 Å². The van der Waals surface area contributed by atoms with E-state index in [1.807, 2.05) is 11.0 Å². The molecule has 4 rings (SSSR count). The van der Waals surface area contributed by atoms with Crippen molar-refractivity contribution in [3.8, 4) is 23.1 Å². The van der Waals surface area contributed by atoms with Crippen LogP contribution in [-0.2, 0) is 4.79 Å². The van der Waals surface area contributed by atoms with E-state index < -0.39 is 0 Å². The normalized spacial score (nSPS) is 17.0. The molecule has 0 spiro atoms. The first kappa shape index (κ1) is 18.9. The minimum Gasteiger partial charge on any atom is -0.481 e. The molecule has 9 heteroatoms. The van der Waals surface area contributed by atoms with Crippen LogP contribution in [0.2, 0.25) is 0 Å². The Hall–Kier alpha value is -3.49. The average molecular weight is 394 g/mol. The first-order valence-electron chi connectivity index (χ1n) is 9.46. The quantitative estimate of drug-likeness (QED) is 0.612. The van der Waals surface area contributed by atoms with Crippen LogP contribution in [0.1, 0.15) is 19.3 Å². The Morgan fingerprint density at radius 3 is 3.00 bits per heavy atom. The van der Waals surface area contributed by atoms with E-state index in [9.17, 15) is 4.79 Å². The smallest absolute Gasteiger partial charge is 0.245 e. The van der Waals surface area contributed by atoms with Gasteiger partial charge in [-0.2, -0.15) is 5.10 Å². The molecular formula is C20H22N6O3. The van der Waals surface area contributed by atoms with Crippen LogP contribution in [0.3, 0.4) is 0 Å². The van der Waals surface area contributed by atoms with Crippen molar-refractivity contribution in [2.24, 2.45) is 0 Å². The SMILES string of the molecule is C=CC(=O)N1CCC[C@@H](Oc2nc(-c3cc(OC)ncn3)cn3nccc23)CC1. The van der Waals surface area contributed by atoms with Crippen LogP contribution in [0.4, 0.5) is 0 Å². The van der Waals surface area contributed by atoms with E-state index in [0.29, 0.717) is 36.2 Å². The van der Waals surface area contributed by atoms with Crippen molar-refractivity contribution in [3.05, 3.63) is 43.5 Å². The molecule has 1 fully saturated rings. The van der Waals surface area contributed by atoms with Crippen LogP contribution >= 0.6 is 0 Å². The van der Waals surface area contributed by atoms with Gasteiger partial charge in [0.05, 0.1) is 25.2 Å². The van der Waals surface area contributed by atoms with E-state index in [2.05, 4.69) is 26.6 Å². The highest BCUT2D eigenvalue weighted by molar-refractivity contribution is 5.87. The van der Waals surface area contributed by atoms with Gasteiger partial charge in [-0.3, -0.25) is 4.79 Å². The molecule has 150 valence electrons. The maximum absolute atomic E-state index is 11.9. The number of ether oxygens (including phenoxy) is 2. The zero-order valence-electron chi connectivity index (χ0n) is 16.2. The van der Waals surface area contributed by atoms with Crippen LogP contribution in [-0.4, -0.2) is 61.7 Å². The van der Waals surface area contributed by atoms with Crippen molar-refractivity contribution in [2.45, 2.75) is 25.4 Å². The van der Waals surface area contributed by atoms with Crippen molar-refractivity contribution in [3.63, 3.8) is 0 Å². The number of likely N-dealkylation sites (tertiary alicyclic amines) is 1. The molecule has 3 aromatic heterocycles. The third-order valence-electron chi connectivity index (χ3n) is 4.91. The molecule has 0 bridgehead atoms. The molecule has 0 unspecified atom stereocenters. The molecule has 1 amide bonds. The lowest BCUT2D eigenvalue weighted by Gasteiger charge is -2.19. The van der Waals surface area contributed by atoms with Crippen molar-refractivity contribution in [1.82, 2.24) is 29.5 Å². The molecule has 1 aliphatic rings. The Kier molecular flexibility index (Phi) is 5.37. The molecule has 0 saturated carbocycles. The summed E-state index contributed by atoms with van der Waals surface area (Å²) in [6, 6.07) is 3.57. The summed E-state index contributed by atoms with van der Waals surface area (Å²) in [4.78, 5) is 26.7. The maximum Gasteiger partial charge on any atom is 0.245 e. The third-order valence-corrected chi connectivity index (χ3v) is 4.91. The molecule has 3 aromatic rings. The predicted molar refractivity (Wildman–Crippen MR) is 106 cm³/mol. The number of hydrogen-bond acceptors (Lipinski definition) is 7. The molecule has 0 N–H and O–H groups in total. The number of methoxy groups -OCH3 is 1. The lowest BCUT2D eigenvalue weighted by atomic mass is 10.1. The van der Waals surface area contributed by atoms with Gasteiger partial charge in [0, 0.05) is 25.6 Å². The molecule has 29 heavy (non-hydrogen) atoms. The van der Waals surface area contributed by atoms with Crippen LogP contribution in [0.15, 0.2) is 43.5 Å². The maximum atomic E-state index is 11.9. The number of carbonyl (C=O) groups is 1. The molecule has 9 nitrogen and oxygen atoms in total. The van der Waals surface area contributed by atoms with E-state index in [1.165, 1.54) is 12.4 Å². The standard InChI is InChI=1S/C20H22N6O3/c1-3-19(27)25-9-4-5-14(7-10-25)29-20-17-6-8-23-26(17)12-16(24-20)15-11-18(28-2)22-13-21-15/h3,6,8,11-14H,1,4-5,7,9-10H2,2H3/t14-/m1/s1. The summed E-state index contributed by atoms with van der Waals surface area (Å²) in [5.74, 6) is 0.906. The molecule has 1 atom stereocenters. The van der Waals surface area contributed by atoms with Gasteiger partial charge in [0.1, 0.15) is 23.6 Å². The minimum atomic E-state index is -0.0426. The summed E-state index contributed by atoms with van der Waals surface area (Å²) in [6.45, 7) is 4.91. The van der Waals surface area contributed by atoms with Crippen LogP contribution in [0.25, 0.3) is 16.9 Å². The second-order valence-corrected chi connectivity index (χ2v) is 6.74. The van der Waals surface area contributed by atoms with Crippen LogP contribution in [0.5, 0.6) is 11.8 Å². The molecule has 4 heterocycles. The second-order valence-electron chi connectivity index (χ2n) is 6.74. The van der Waals surface area contributed by atoms with Gasteiger partial charge in [0.2, 0.25) is 17.7 Å². The number of aromatic nitrogens is 5. The summed E-state index contributed by atoms with van der Waals surface area (Å²) < 4.78 is 13.2. The number of rotatable bonds is 5. The van der Waals surface area contributed by atoms with Gasteiger partial charge in [-0.05, 0) is 25.0 Å². The summed E-state index contributed by atoms with van der Waals surface area (Å²) in [5, 5.41) is 4.32. The van der Waals surface area contributed by atoms with E-state index in [1.54, 1.807) is 30.1 Å². The molecule has 1 saturated heterocycles. The number of amides is 1. The molecule has 1 aliphatic heterocycles. The number of hydrogen-bond donors (Lipinski definition) is 0. The van der Waals surface area contributed by atoms with Crippen LogP contribution < -0.4 is 9.47 Å². The predicted octanol–water partition coefficient (Wildman–Crippen LogP) is 2.14. The second kappa shape index (κ2) is 8.26. The Bertz CT molecular complexity index is 1030. The molecular weight excluding hydrogens is 372 g/mol. The van der Waals surface area contributed by atoms with Gasteiger partial charge in [0.25, 0.3) is 0 Å². The van der Waals surface area contributed by atoms with E-state index in [4.69, 9.17) is 9.47 Å². The van der Waals surface area contributed by atoms with Gasteiger partial charge in [0.15, 0.2) is 0 Å². The molecule has 0 aromatic carbocycles. The topological polar surface area (TPSA) is 94.7 Å². The Labute approximate surface area is 168 Å². The highest BCUT2D eigenvalue weighted by Gasteiger charge is 2.22.